The Bertz CT molecular complexity index is 877. The van der Waals surface area contributed by atoms with Gasteiger partial charge in [0.1, 0.15) is 5.75 Å². The topological polar surface area (TPSA) is 63.6 Å². The fourth-order valence-corrected chi connectivity index (χ4v) is 3.65. The van der Waals surface area contributed by atoms with E-state index in [1.165, 1.54) is 13.8 Å². The molecule has 29 heavy (non-hydrogen) atoms. The van der Waals surface area contributed by atoms with Gasteiger partial charge in [-0.05, 0) is 68.7 Å². The fourth-order valence-electron chi connectivity index (χ4n) is 3.24. The molecular weight excluding hydrogens is 384 g/mol. The van der Waals surface area contributed by atoms with Crippen LogP contribution >= 0.6 is 11.8 Å². The maximum absolute atomic E-state index is 13.0. The summed E-state index contributed by atoms with van der Waals surface area (Å²) in [7, 11) is 0. The van der Waals surface area contributed by atoms with Crippen molar-refractivity contribution in [3.05, 3.63) is 58.7 Å². The number of carboxylic acids is 1. The molecule has 0 bridgehead atoms. The maximum Gasteiger partial charge on any atom is 0.347 e. The second-order valence-corrected chi connectivity index (χ2v) is 8.95. The van der Waals surface area contributed by atoms with Crippen molar-refractivity contribution in [1.29, 1.82) is 0 Å². The van der Waals surface area contributed by atoms with E-state index in [-0.39, 0.29) is 17.6 Å². The van der Waals surface area contributed by atoms with E-state index < -0.39 is 11.6 Å². The van der Waals surface area contributed by atoms with Crippen LogP contribution in [0, 0.1) is 19.8 Å². The van der Waals surface area contributed by atoms with Gasteiger partial charge in [-0.25, -0.2) is 4.79 Å². The summed E-state index contributed by atoms with van der Waals surface area (Å²) in [4.78, 5) is 25.5. The van der Waals surface area contributed by atoms with Gasteiger partial charge in [0.25, 0.3) is 0 Å². The number of carboxylic acid groups (broad SMARTS) is 1. The van der Waals surface area contributed by atoms with Gasteiger partial charge in [0.15, 0.2) is 11.4 Å². The number of ether oxygens (including phenoxy) is 1. The van der Waals surface area contributed by atoms with E-state index in [2.05, 4.69) is 6.92 Å². The van der Waals surface area contributed by atoms with E-state index in [1.807, 2.05) is 63.4 Å². The van der Waals surface area contributed by atoms with E-state index in [0.29, 0.717) is 5.75 Å². The van der Waals surface area contributed by atoms with Crippen molar-refractivity contribution < 1.29 is 19.4 Å². The van der Waals surface area contributed by atoms with Crippen LogP contribution in [0.25, 0.3) is 0 Å². The number of ketones is 1. The van der Waals surface area contributed by atoms with Crippen molar-refractivity contribution in [2.75, 3.05) is 6.26 Å². The molecule has 0 saturated carbocycles. The molecule has 4 nitrogen and oxygen atoms in total. The first kappa shape index (κ1) is 23.0. The summed E-state index contributed by atoms with van der Waals surface area (Å²) in [6, 6.07) is 11.7. The van der Waals surface area contributed by atoms with Crippen LogP contribution in [0.1, 0.15) is 60.7 Å². The molecule has 0 aromatic heterocycles. The summed E-state index contributed by atoms with van der Waals surface area (Å²) in [5.41, 5.74) is 2.19. The molecule has 0 aliphatic carbocycles. The summed E-state index contributed by atoms with van der Waals surface area (Å²) >= 11 is 1.65. The van der Waals surface area contributed by atoms with E-state index in [9.17, 15) is 14.7 Å². The lowest BCUT2D eigenvalue weighted by Crippen LogP contribution is -2.38. The number of rotatable bonds is 8. The highest BCUT2D eigenvalue weighted by atomic mass is 32.2. The van der Waals surface area contributed by atoms with Crippen LogP contribution in [0.5, 0.6) is 5.75 Å². The number of aliphatic carboxylic acids is 1. The van der Waals surface area contributed by atoms with Crippen LogP contribution in [0.15, 0.2) is 41.3 Å². The molecule has 0 aliphatic heterocycles. The first-order valence-electron chi connectivity index (χ1n) is 9.69. The van der Waals surface area contributed by atoms with Crippen molar-refractivity contribution in [3.63, 3.8) is 0 Å². The standard InChI is InChI=1S/C24H30O4S/c1-14-12-19(13-15(2)22(14)28-24(5,6)23(26)27)16(3)17(4)21(25)18-8-10-20(29-7)11-9-18/h8-13,16-17H,1-7H3,(H,26,27)/t16-,17-/m1/s1. The van der Waals surface area contributed by atoms with Crippen molar-refractivity contribution in [2.24, 2.45) is 5.92 Å². The smallest absolute Gasteiger partial charge is 0.347 e. The van der Waals surface area contributed by atoms with Crippen LogP contribution in [-0.2, 0) is 4.79 Å². The Balaban J connectivity index is 2.26. The van der Waals surface area contributed by atoms with Crippen molar-refractivity contribution in [1.82, 2.24) is 0 Å². The number of aryl methyl sites for hydroxylation is 2. The molecule has 0 radical (unpaired) electrons. The fraction of sp³-hybridized carbons (Fsp3) is 0.417. The Morgan fingerprint density at radius 3 is 2.00 bits per heavy atom. The first-order chi connectivity index (χ1) is 13.5. The molecule has 0 spiro atoms. The van der Waals surface area contributed by atoms with Crippen molar-refractivity contribution in [2.45, 2.75) is 58.0 Å². The Morgan fingerprint density at radius 1 is 1.03 bits per heavy atom. The molecule has 0 unspecified atom stereocenters. The lowest BCUT2D eigenvalue weighted by Gasteiger charge is -2.26. The largest absolute Gasteiger partial charge is 0.478 e. The third-order valence-corrected chi connectivity index (χ3v) is 6.16. The van der Waals surface area contributed by atoms with Gasteiger partial charge < -0.3 is 9.84 Å². The minimum absolute atomic E-state index is 0.0154. The van der Waals surface area contributed by atoms with Crippen molar-refractivity contribution >= 4 is 23.5 Å². The quantitative estimate of drug-likeness (QED) is 0.431. The SMILES string of the molecule is CSc1ccc(C(=O)[C@H](C)[C@@H](C)c2cc(C)c(OC(C)(C)C(=O)O)c(C)c2)cc1. The first-order valence-corrected chi connectivity index (χ1v) is 10.9. The number of thioether (sulfide) groups is 1. The van der Waals surface area contributed by atoms with Gasteiger partial charge in [0.05, 0.1) is 0 Å². The number of benzene rings is 2. The Hall–Kier alpha value is -2.27. The van der Waals surface area contributed by atoms with E-state index >= 15 is 0 Å². The molecule has 2 aromatic rings. The van der Waals surface area contributed by atoms with Crippen LogP contribution in [0.2, 0.25) is 0 Å². The molecule has 1 N–H and O–H groups in total. The van der Waals surface area contributed by atoms with E-state index in [4.69, 9.17) is 4.74 Å². The zero-order valence-corrected chi connectivity index (χ0v) is 19.0. The van der Waals surface area contributed by atoms with Gasteiger partial charge >= 0.3 is 5.97 Å². The molecule has 2 atom stereocenters. The van der Waals surface area contributed by atoms with Gasteiger partial charge in [0, 0.05) is 16.4 Å². The van der Waals surface area contributed by atoms with Crippen LogP contribution in [-0.4, -0.2) is 28.7 Å². The summed E-state index contributed by atoms with van der Waals surface area (Å²) < 4.78 is 5.79. The molecule has 0 aliphatic rings. The van der Waals surface area contributed by atoms with Gasteiger partial charge in [-0.2, -0.15) is 0 Å². The van der Waals surface area contributed by atoms with Gasteiger partial charge in [-0.1, -0.05) is 38.1 Å². The van der Waals surface area contributed by atoms with Crippen molar-refractivity contribution in [3.8, 4) is 5.75 Å². The second kappa shape index (κ2) is 9.04. The summed E-state index contributed by atoms with van der Waals surface area (Å²) in [6.07, 6.45) is 2.01. The molecule has 0 saturated heterocycles. The lowest BCUT2D eigenvalue weighted by molar-refractivity contribution is -0.152. The highest BCUT2D eigenvalue weighted by Crippen LogP contribution is 2.34. The predicted molar refractivity (Wildman–Crippen MR) is 118 cm³/mol. The molecule has 0 heterocycles. The molecule has 2 rings (SSSR count). The third-order valence-electron chi connectivity index (χ3n) is 5.42. The summed E-state index contributed by atoms with van der Waals surface area (Å²) in [6.45, 7) is 10.9. The number of carbonyl (C=O) groups excluding carboxylic acids is 1. The van der Waals surface area contributed by atoms with Crippen LogP contribution < -0.4 is 4.74 Å². The van der Waals surface area contributed by atoms with Crippen LogP contribution in [0.4, 0.5) is 0 Å². The highest BCUT2D eigenvalue weighted by Gasteiger charge is 2.31. The molecule has 156 valence electrons. The number of hydrogen-bond acceptors (Lipinski definition) is 4. The average molecular weight is 415 g/mol. The second-order valence-electron chi connectivity index (χ2n) is 8.07. The summed E-state index contributed by atoms with van der Waals surface area (Å²) in [5.74, 6) is -0.481. The lowest BCUT2D eigenvalue weighted by atomic mass is 9.82. The Labute approximate surface area is 177 Å². The minimum Gasteiger partial charge on any atom is -0.478 e. The average Bonchev–Trinajstić information content (AvgIpc) is 2.68. The van der Waals surface area contributed by atoms with E-state index in [0.717, 1.165) is 27.1 Å². The van der Waals surface area contributed by atoms with Gasteiger partial charge in [0.2, 0.25) is 0 Å². The Morgan fingerprint density at radius 2 is 1.55 bits per heavy atom. The third kappa shape index (κ3) is 5.21. The number of hydrogen-bond donors (Lipinski definition) is 1. The van der Waals surface area contributed by atoms with Crippen LogP contribution in [0.3, 0.4) is 0 Å². The molecular formula is C24H30O4S. The minimum atomic E-state index is -1.31. The predicted octanol–water partition coefficient (Wildman–Crippen LogP) is 5.89. The molecule has 5 heteroatoms. The Kier molecular flexibility index (Phi) is 7.17. The molecule has 0 amide bonds. The maximum atomic E-state index is 13.0. The highest BCUT2D eigenvalue weighted by molar-refractivity contribution is 7.98. The normalized spacial score (nSPS) is 13.6. The number of carbonyl (C=O) groups is 2. The number of Topliss-reactive ketones (excluding diaryl/α,β-unsaturated/α-hetero) is 1. The zero-order chi connectivity index (χ0) is 21.9. The zero-order valence-electron chi connectivity index (χ0n) is 18.2. The van der Waals surface area contributed by atoms with E-state index in [1.54, 1.807) is 11.8 Å². The molecule has 0 fully saturated rings. The summed E-state index contributed by atoms with van der Waals surface area (Å²) in [5, 5.41) is 9.34. The van der Waals surface area contributed by atoms with Gasteiger partial charge in [-0.15, -0.1) is 11.8 Å². The molecule has 2 aromatic carbocycles. The monoisotopic (exact) mass is 414 g/mol. The van der Waals surface area contributed by atoms with Gasteiger partial charge in [-0.3, -0.25) is 4.79 Å².